The number of allylic oxidation sites excluding steroid dienone is 20. The lowest BCUT2D eigenvalue weighted by atomic mass is 10.1. The molecule has 0 amide bonds. The zero-order valence-corrected chi connectivity index (χ0v) is 50.2. The second-order valence-electron chi connectivity index (χ2n) is 20.9. The summed E-state index contributed by atoms with van der Waals surface area (Å²) >= 11 is 0. The largest absolute Gasteiger partial charge is 0.462 e. The lowest BCUT2D eigenvalue weighted by Gasteiger charge is -2.18. The van der Waals surface area contributed by atoms with Gasteiger partial charge in [-0.15, -0.1) is 0 Å². The predicted octanol–water partition coefficient (Wildman–Crippen LogP) is 22.0. The molecule has 0 rings (SSSR count). The quantitative estimate of drug-likeness (QED) is 0.0261. The number of carbonyl (C=O) groups excluding carboxylic acids is 3. The number of unbranched alkanes of at least 4 members (excludes halogenated alkanes) is 26. The maximum atomic E-state index is 12.9. The highest BCUT2D eigenvalue weighted by atomic mass is 16.6. The van der Waals surface area contributed by atoms with Crippen molar-refractivity contribution >= 4 is 17.9 Å². The Hall–Kier alpha value is -4.19. The van der Waals surface area contributed by atoms with Crippen molar-refractivity contribution in [1.29, 1.82) is 0 Å². The smallest absolute Gasteiger partial charge is 0.306 e. The SMILES string of the molecule is CC/C=C\C/C=C\C/C=C\C/C=C\C/C=C\C/C=C\CCCCCCCCCCC(=O)OCC(COC(=O)CCCCCCC/C=C\CCCCCC)OC(=O)CCCCCCCC/C=C\C/C=C\C/C=C\CCCCC. The maximum absolute atomic E-state index is 12.9. The van der Waals surface area contributed by atoms with Crippen LogP contribution in [0.5, 0.6) is 0 Å². The van der Waals surface area contributed by atoms with Gasteiger partial charge in [0.25, 0.3) is 0 Å². The summed E-state index contributed by atoms with van der Waals surface area (Å²) in [5, 5.41) is 0. The van der Waals surface area contributed by atoms with E-state index in [0.29, 0.717) is 19.3 Å². The third-order valence-corrected chi connectivity index (χ3v) is 13.4. The van der Waals surface area contributed by atoms with E-state index in [1.165, 1.54) is 116 Å². The Bertz CT molecular complexity index is 1600. The summed E-state index contributed by atoms with van der Waals surface area (Å²) in [4.78, 5) is 38.3. The minimum atomic E-state index is -0.796. The van der Waals surface area contributed by atoms with Gasteiger partial charge < -0.3 is 14.2 Å². The van der Waals surface area contributed by atoms with Gasteiger partial charge in [-0.3, -0.25) is 14.4 Å². The van der Waals surface area contributed by atoms with Gasteiger partial charge in [0.05, 0.1) is 0 Å². The molecular formula is C71H118O6. The van der Waals surface area contributed by atoms with E-state index in [4.69, 9.17) is 14.2 Å². The van der Waals surface area contributed by atoms with Gasteiger partial charge in [-0.25, -0.2) is 0 Å². The van der Waals surface area contributed by atoms with Gasteiger partial charge in [0.15, 0.2) is 6.10 Å². The summed E-state index contributed by atoms with van der Waals surface area (Å²) in [5.74, 6) is -0.917. The number of rotatable bonds is 57. The van der Waals surface area contributed by atoms with Crippen molar-refractivity contribution in [1.82, 2.24) is 0 Å². The Balaban J connectivity index is 4.37. The van der Waals surface area contributed by atoms with Crippen molar-refractivity contribution in [3.63, 3.8) is 0 Å². The first-order chi connectivity index (χ1) is 38.0. The van der Waals surface area contributed by atoms with Crippen molar-refractivity contribution in [2.75, 3.05) is 13.2 Å². The van der Waals surface area contributed by atoms with E-state index in [2.05, 4.69) is 142 Å². The van der Waals surface area contributed by atoms with Crippen LogP contribution < -0.4 is 0 Å². The first-order valence-corrected chi connectivity index (χ1v) is 32.0. The van der Waals surface area contributed by atoms with Crippen molar-refractivity contribution in [3.8, 4) is 0 Å². The van der Waals surface area contributed by atoms with Gasteiger partial charge in [0.2, 0.25) is 0 Å². The van der Waals surface area contributed by atoms with Crippen molar-refractivity contribution < 1.29 is 28.6 Å². The van der Waals surface area contributed by atoms with Gasteiger partial charge in [-0.2, -0.15) is 0 Å². The number of esters is 3. The van der Waals surface area contributed by atoms with E-state index in [1.807, 2.05) is 0 Å². The molecule has 0 spiro atoms. The zero-order valence-electron chi connectivity index (χ0n) is 50.2. The minimum absolute atomic E-state index is 0.0920. The first-order valence-electron chi connectivity index (χ1n) is 32.0. The van der Waals surface area contributed by atoms with E-state index in [1.54, 1.807) is 0 Å². The van der Waals surface area contributed by atoms with Crippen LogP contribution >= 0.6 is 0 Å². The summed E-state index contributed by atoms with van der Waals surface area (Å²) in [6.07, 6.45) is 89.1. The highest BCUT2D eigenvalue weighted by molar-refractivity contribution is 5.71. The van der Waals surface area contributed by atoms with Crippen molar-refractivity contribution in [3.05, 3.63) is 122 Å². The van der Waals surface area contributed by atoms with Gasteiger partial charge in [-0.05, 0) is 135 Å². The molecule has 77 heavy (non-hydrogen) atoms. The predicted molar refractivity (Wildman–Crippen MR) is 334 cm³/mol. The van der Waals surface area contributed by atoms with E-state index in [9.17, 15) is 14.4 Å². The van der Waals surface area contributed by atoms with E-state index >= 15 is 0 Å². The summed E-state index contributed by atoms with van der Waals surface area (Å²) in [7, 11) is 0. The molecule has 0 fully saturated rings. The van der Waals surface area contributed by atoms with Gasteiger partial charge in [0.1, 0.15) is 13.2 Å². The molecule has 0 N–H and O–H groups in total. The minimum Gasteiger partial charge on any atom is -0.462 e. The molecule has 0 aliphatic rings. The van der Waals surface area contributed by atoms with E-state index in [0.717, 1.165) is 135 Å². The summed E-state index contributed by atoms with van der Waals surface area (Å²) < 4.78 is 16.9. The highest BCUT2D eigenvalue weighted by Gasteiger charge is 2.19. The highest BCUT2D eigenvalue weighted by Crippen LogP contribution is 2.15. The molecule has 0 aliphatic heterocycles. The molecular weight excluding hydrogens is 949 g/mol. The molecule has 6 heteroatoms. The molecule has 0 radical (unpaired) electrons. The lowest BCUT2D eigenvalue weighted by Crippen LogP contribution is -2.30. The molecule has 0 aromatic heterocycles. The number of hydrogen-bond acceptors (Lipinski definition) is 6. The Kier molecular flexibility index (Phi) is 60.8. The molecule has 6 nitrogen and oxygen atoms in total. The zero-order chi connectivity index (χ0) is 55.7. The third kappa shape index (κ3) is 62.5. The molecule has 1 unspecified atom stereocenters. The summed E-state index contributed by atoms with van der Waals surface area (Å²) in [6, 6.07) is 0. The molecule has 0 aromatic rings. The molecule has 0 saturated carbocycles. The average Bonchev–Trinajstić information content (AvgIpc) is 3.43. The molecule has 0 heterocycles. The van der Waals surface area contributed by atoms with Crippen molar-refractivity contribution in [2.45, 2.75) is 297 Å². The number of ether oxygens (including phenoxy) is 3. The Morgan fingerprint density at radius 3 is 0.831 bits per heavy atom. The lowest BCUT2D eigenvalue weighted by molar-refractivity contribution is -0.167. The summed E-state index contributed by atoms with van der Waals surface area (Å²) in [5.41, 5.74) is 0. The van der Waals surface area contributed by atoms with E-state index < -0.39 is 6.10 Å². The second-order valence-corrected chi connectivity index (χ2v) is 20.9. The molecule has 438 valence electrons. The van der Waals surface area contributed by atoms with Crippen LogP contribution in [0.2, 0.25) is 0 Å². The van der Waals surface area contributed by atoms with Crippen LogP contribution in [0.1, 0.15) is 290 Å². The third-order valence-electron chi connectivity index (χ3n) is 13.4. The van der Waals surface area contributed by atoms with Gasteiger partial charge in [-0.1, -0.05) is 258 Å². The van der Waals surface area contributed by atoms with Gasteiger partial charge >= 0.3 is 17.9 Å². The molecule has 0 aliphatic carbocycles. The Labute approximate surface area is 475 Å². The standard InChI is InChI=1S/C71H118O6/c1-4-7-10-13-16-19-22-25-27-29-31-32-33-34-35-36-37-38-40-41-43-46-49-52-55-58-61-64-70(73)76-67-68(66-75-69(72)63-60-57-54-51-48-45-24-21-18-15-12-9-6-3)77-71(74)65-62-59-56-53-50-47-44-42-39-30-28-26-23-20-17-14-11-8-5-2/h7,10,16-17,19-21,24-28,31-32,34-35,37-39,42,68H,4-6,8-9,11-15,18,22-23,29-30,33,36,40-41,43-67H2,1-3H3/b10-7-,19-16-,20-17-,24-21-,27-25-,28-26-,32-31-,35-34-,38-37-,42-39-. The average molecular weight is 1070 g/mol. The molecule has 0 saturated heterocycles. The maximum Gasteiger partial charge on any atom is 0.306 e. The Morgan fingerprint density at radius 2 is 0.506 bits per heavy atom. The second kappa shape index (κ2) is 64.3. The fourth-order valence-electron chi connectivity index (χ4n) is 8.62. The van der Waals surface area contributed by atoms with Crippen molar-refractivity contribution in [2.24, 2.45) is 0 Å². The van der Waals surface area contributed by atoms with Crippen LogP contribution in [0.3, 0.4) is 0 Å². The van der Waals surface area contributed by atoms with E-state index in [-0.39, 0.29) is 31.1 Å². The Morgan fingerprint density at radius 1 is 0.273 bits per heavy atom. The molecule has 0 bridgehead atoms. The first kappa shape index (κ1) is 72.8. The fraction of sp³-hybridized carbons (Fsp3) is 0.676. The summed E-state index contributed by atoms with van der Waals surface area (Å²) in [6.45, 7) is 6.47. The van der Waals surface area contributed by atoms with Crippen LogP contribution in [-0.4, -0.2) is 37.2 Å². The fourth-order valence-corrected chi connectivity index (χ4v) is 8.62. The number of carbonyl (C=O) groups is 3. The topological polar surface area (TPSA) is 78.9 Å². The molecule has 1 atom stereocenters. The van der Waals surface area contributed by atoms with Crippen LogP contribution in [0.4, 0.5) is 0 Å². The molecule has 0 aromatic carbocycles. The monoisotopic (exact) mass is 1070 g/mol. The van der Waals surface area contributed by atoms with Crippen LogP contribution in [0.25, 0.3) is 0 Å². The van der Waals surface area contributed by atoms with Crippen LogP contribution in [-0.2, 0) is 28.6 Å². The number of hydrogen-bond donors (Lipinski definition) is 0. The van der Waals surface area contributed by atoms with Gasteiger partial charge in [0, 0.05) is 19.3 Å². The normalized spacial score (nSPS) is 12.9. The van der Waals surface area contributed by atoms with Crippen LogP contribution in [0, 0.1) is 0 Å². The van der Waals surface area contributed by atoms with Crippen LogP contribution in [0.15, 0.2) is 122 Å².